The third-order valence-electron chi connectivity index (χ3n) is 3.70. The Balaban J connectivity index is 3.75. The van der Waals surface area contributed by atoms with Crippen molar-refractivity contribution in [3.63, 3.8) is 0 Å². The molecule has 0 fully saturated rings. The summed E-state index contributed by atoms with van der Waals surface area (Å²) in [7, 11) is 0. The van der Waals surface area contributed by atoms with Gasteiger partial charge in [-0.15, -0.1) is 0 Å². The summed E-state index contributed by atoms with van der Waals surface area (Å²) >= 11 is 0. The lowest BCUT2D eigenvalue weighted by molar-refractivity contribution is -0.153. The van der Waals surface area contributed by atoms with E-state index in [9.17, 15) is 9.90 Å². The molecule has 5 nitrogen and oxygen atoms in total. The molecule has 3 N–H and O–H groups in total. The summed E-state index contributed by atoms with van der Waals surface area (Å²) < 4.78 is 4.88. The largest absolute Gasteiger partial charge is 0.457 e. The Kier molecular flexibility index (Phi) is 18.4. The minimum absolute atomic E-state index is 0.265. The molecule has 0 radical (unpaired) electrons. The SMILES string of the molecule is CC/C=C\C/C=C\CC(O)/C=C/C=C\C/C=C\CCCC(=O)OC(CO)CO. The Hall–Kier alpha value is -1.95. The Morgan fingerprint density at radius 1 is 0.929 bits per heavy atom. The van der Waals surface area contributed by atoms with Crippen molar-refractivity contribution in [3.8, 4) is 0 Å². The number of allylic oxidation sites excluding steroid dienone is 8. The van der Waals surface area contributed by atoms with E-state index in [-0.39, 0.29) is 19.6 Å². The minimum atomic E-state index is -0.821. The molecule has 0 amide bonds. The van der Waals surface area contributed by atoms with Crippen LogP contribution >= 0.6 is 0 Å². The lowest BCUT2D eigenvalue weighted by Gasteiger charge is -2.11. The predicted octanol–water partition coefficient (Wildman–Crippen LogP) is 3.78. The monoisotopic (exact) mass is 392 g/mol. The van der Waals surface area contributed by atoms with Crippen LogP contribution in [-0.2, 0) is 9.53 Å². The molecular weight excluding hydrogens is 356 g/mol. The zero-order valence-electron chi connectivity index (χ0n) is 17.0. The fourth-order valence-corrected chi connectivity index (χ4v) is 2.14. The highest BCUT2D eigenvalue weighted by atomic mass is 16.6. The first kappa shape index (κ1) is 26.1. The normalized spacial score (nSPS) is 13.9. The smallest absolute Gasteiger partial charge is 0.306 e. The molecule has 0 aromatic carbocycles. The van der Waals surface area contributed by atoms with E-state index in [0.29, 0.717) is 12.8 Å². The van der Waals surface area contributed by atoms with E-state index in [4.69, 9.17) is 14.9 Å². The number of esters is 1. The first-order valence-corrected chi connectivity index (χ1v) is 10.0. The van der Waals surface area contributed by atoms with Gasteiger partial charge in [0.15, 0.2) is 0 Å². The molecule has 0 saturated carbocycles. The maximum Gasteiger partial charge on any atom is 0.306 e. The predicted molar refractivity (Wildman–Crippen MR) is 114 cm³/mol. The summed E-state index contributed by atoms with van der Waals surface area (Å²) in [6, 6.07) is 0. The van der Waals surface area contributed by atoms with Crippen LogP contribution in [0.3, 0.4) is 0 Å². The number of ether oxygens (including phenoxy) is 1. The van der Waals surface area contributed by atoms with Crippen molar-refractivity contribution in [2.45, 2.75) is 64.1 Å². The Morgan fingerprint density at radius 3 is 2.32 bits per heavy atom. The molecule has 0 aliphatic heterocycles. The second kappa shape index (κ2) is 19.8. The minimum Gasteiger partial charge on any atom is -0.457 e. The number of carbonyl (C=O) groups is 1. The van der Waals surface area contributed by atoms with Gasteiger partial charge in [-0.3, -0.25) is 4.79 Å². The molecule has 5 heteroatoms. The highest BCUT2D eigenvalue weighted by molar-refractivity contribution is 5.69. The van der Waals surface area contributed by atoms with E-state index >= 15 is 0 Å². The van der Waals surface area contributed by atoms with Gasteiger partial charge in [-0.2, -0.15) is 0 Å². The molecule has 158 valence electrons. The van der Waals surface area contributed by atoms with Crippen molar-refractivity contribution in [2.24, 2.45) is 0 Å². The van der Waals surface area contributed by atoms with Gasteiger partial charge in [0.25, 0.3) is 0 Å². The zero-order valence-corrected chi connectivity index (χ0v) is 17.0. The summed E-state index contributed by atoms with van der Waals surface area (Å²) in [5.74, 6) is -0.405. The summed E-state index contributed by atoms with van der Waals surface area (Å²) in [4.78, 5) is 11.4. The lowest BCUT2D eigenvalue weighted by atomic mass is 10.2. The van der Waals surface area contributed by atoms with Crippen LogP contribution in [0.1, 0.15) is 51.9 Å². The van der Waals surface area contributed by atoms with Gasteiger partial charge in [-0.25, -0.2) is 0 Å². The summed E-state index contributed by atoms with van der Waals surface area (Å²) in [5, 5.41) is 27.5. The molecule has 0 aliphatic carbocycles. The average molecular weight is 393 g/mol. The van der Waals surface area contributed by atoms with Gasteiger partial charge >= 0.3 is 5.97 Å². The second-order valence-corrected chi connectivity index (χ2v) is 6.28. The molecule has 0 aromatic rings. The van der Waals surface area contributed by atoms with Gasteiger partial charge in [0.05, 0.1) is 19.3 Å². The molecular formula is C23H36O5. The number of unbranched alkanes of at least 4 members (excludes halogenated alkanes) is 1. The molecule has 0 spiro atoms. The van der Waals surface area contributed by atoms with Crippen molar-refractivity contribution in [1.29, 1.82) is 0 Å². The molecule has 0 aliphatic rings. The van der Waals surface area contributed by atoms with Crippen molar-refractivity contribution in [1.82, 2.24) is 0 Å². The number of aliphatic hydroxyl groups is 3. The zero-order chi connectivity index (χ0) is 20.9. The highest BCUT2D eigenvalue weighted by Gasteiger charge is 2.11. The molecule has 0 bridgehead atoms. The maximum absolute atomic E-state index is 11.4. The Morgan fingerprint density at radius 2 is 1.61 bits per heavy atom. The van der Waals surface area contributed by atoms with E-state index in [1.54, 1.807) is 6.08 Å². The van der Waals surface area contributed by atoms with Crippen molar-refractivity contribution < 1.29 is 24.9 Å². The average Bonchev–Trinajstić information content (AvgIpc) is 2.70. The van der Waals surface area contributed by atoms with Gasteiger partial charge in [0.1, 0.15) is 6.10 Å². The van der Waals surface area contributed by atoms with Crippen LogP contribution in [0.5, 0.6) is 0 Å². The number of carbonyl (C=O) groups excluding carboxylic acids is 1. The van der Waals surface area contributed by atoms with Crippen molar-refractivity contribution in [3.05, 3.63) is 60.8 Å². The van der Waals surface area contributed by atoms with Crippen LogP contribution in [0.15, 0.2) is 60.8 Å². The number of hydrogen-bond donors (Lipinski definition) is 3. The van der Waals surface area contributed by atoms with E-state index in [2.05, 4.69) is 25.2 Å². The van der Waals surface area contributed by atoms with Gasteiger partial charge in [-0.05, 0) is 38.5 Å². The van der Waals surface area contributed by atoms with Crippen LogP contribution in [0, 0.1) is 0 Å². The second-order valence-electron chi connectivity index (χ2n) is 6.28. The fourth-order valence-electron chi connectivity index (χ4n) is 2.14. The Bertz CT molecular complexity index is 513. The third-order valence-corrected chi connectivity index (χ3v) is 3.70. The molecule has 28 heavy (non-hydrogen) atoms. The lowest BCUT2D eigenvalue weighted by Crippen LogP contribution is -2.25. The first-order valence-electron chi connectivity index (χ1n) is 10.0. The summed E-state index contributed by atoms with van der Waals surface area (Å²) in [6.45, 7) is 1.37. The van der Waals surface area contributed by atoms with E-state index in [1.807, 2.05) is 36.5 Å². The van der Waals surface area contributed by atoms with Gasteiger partial charge < -0.3 is 20.1 Å². The van der Waals surface area contributed by atoms with Crippen molar-refractivity contribution in [2.75, 3.05) is 13.2 Å². The van der Waals surface area contributed by atoms with E-state index in [1.165, 1.54) is 0 Å². The molecule has 0 heterocycles. The van der Waals surface area contributed by atoms with Crippen molar-refractivity contribution >= 4 is 5.97 Å². The summed E-state index contributed by atoms with van der Waals surface area (Å²) in [5.41, 5.74) is 0. The molecule has 0 saturated heterocycles. The Labute approximate surface area is 169 Å². The quantitative estimate of drug-likeness (QED) is 0.161. The van der Waals surface area contributed by atoms with E-state index < -0.39 is 18.2 Å². The maximum atomic E-state index is 11.4. The standard InChI is InChI=1S/C23H36O5/c1-2-3-4-5-10-13-16-21(26)17-14-11-8-6-7-9-12-15-18-23(27)28-22(19-24)20-25/h3-4,7-11,13-14,17,21-22,24-26H,2,5-6,12,15-16,18-20H2,1H3/b4-3-,9-7-,11-8-,13-10-,17-14+. The molecule has 1 atom stereocenters. The third kappa shape index (κ3) is 17.5. The van der Waals surface area contributed by atoms with Crippen LogP contribution in [0.2, 0.25) is 0 Å². The topological polar surface area (TPSA) is 87.0 Å². The van der Waals surface area contributed by atoms with Gasteiger partial charge in [0.2, 0.25) is 0 Å². The van der Waals surface area contributed by atoms with Gasteiger partial charge in [0, 0.05) is 6.42 Å². The van der Waals surface area contributed by atoms with E-state index in [0.717, 1.165) is 25.7 Å². The van der Waals surface area contributed by atoms with Gasteiger partial charge in [-0.1, -0.05) is 67.7 Å². The number of hydrogen-bond acceptors (Lipinski definition) is 5. The number of rotatable bonds is 16. The number of aliphatic hydroxyl groups excluding tert-OH is 3. The fraction of sp³-hybridized carbons (Fsp3) is 0.522. The molecule has 0 aromatic heterocycles. The highest BCUT2D eigenvalue weighted by Crippen LogP contribution is 2.03. The molecule has 1 unspecified atom stereocenters. The molecule has 0 rings (SSSR count). The summed E-state index contributed by atoms with van der Waals surface area (Å²) in [6.07, 6.45) is 23.6. The van der Waals surface area contributed by atoms with Crippen LogP contribution in [0.25, 0.3) is 0 Å². The van der Waals surface area contributed by atoms with Crippen LogP contribution in [0.4, 0.5) is 0 Å². The first-order chi connectivity index (χ1) is 13.6. The van der Waals surface area contributed by atoms with Crippen LogP contribution in [-0.4, -0.2) is 46.7 Å². The van der Waals surface area contributed by atoms with Crippen LogP contribution < -0.4 is 0 Å².